The van der Waals surface area contributed by atoms with Gasteiger partial charge >= 0.3 is 0 Å². The van der Waals surface area contributed by atoms with Gasteiger partial charge in [0.05, 0.1) is 15.2 Å². The Morgan fingerprint density at radius 2 is 2.24 bits per heavy atom. The molecule has 92 valence electrons. The number of thiazole rings is 1. The van der Waals surface area contributed by atoms with Crippen molar-refractivity contribution < 1.29 is 0 Å². The molecule has 1 heterocycles. The number of hydrogen-bond acceptors (Lipinski definition) is 4. The number of rotatable bonds is 5. The summed E-state index contributed by atoms with van der Waals surface area (Å²) in [5.41, 5.74) is 2.48. The molecule has 0 aliphatic carbocycles. The summed E-state index contributed by atoms with van der Waals surface area (Å²) in [5.74, 6) is 0. The van der Waals surface area contributed by atoms with Gasteiger partial charge in [0.25, 0.3) is 0 Å². The van der Waals surface area contributed by atoms with E-state index in [2.05, 4.69) is 47.4 Å². The van der Waals surface area contributed by atoms with Gasteiger partial charge in [-0.05, 0) is 38.7 Å². The van der Waals surface area contributed by atoms with Gasteiger partial charge in [0.2, 0.25) is 0 Å². The van der Waals surface area contributed by atoms with Crippen molar-refractivity contribution in [2.75, 3.05) is 27.2 Å². The van der Waals surface area contributed by atoms with Crippen LogP contribution in [0.5, 0.6) is 0 Å². The Morgan fingerprint density at radius 1 is 1.41 bits per heavy atom. The molecule has 0 amide bonds. The predicted octanol–water partition coefficient (Wildman–Crippen LogP) is 2.26. The molecule has 0 unspecified atom stereocenters. The van der Waals surface area contributed by atoms with E-state index in [0.29, 0.717) is 0 Å². The van der Waals surface area contributed by atoms with Crippen molar-refractivity contribution in [1.29, 1.82) is 0 Å². The molecular formula is C13H19N3S. The van der Waals surface area contributed by atoms with E-state index < -0.39 is 0 Å². The summed E-state index contributed by atoms with van der Waals surface area (Å²) in [6, 6.07) is 6.56. The molecule has 0 atom stereocenters. The van der Waals surface area contributed by atoms with E-state index in [1.54, 1.807) is 11.3 Å². The fraction of sp³-hybridized carbons (Fsp3) is 0.462. The molecule has 2 rings (SSSR count). The molecular weight excluding hydrogens is 230 g/mol. The lowest BCUT2D eigenvalue weighted by Gasteiger charge is -2.16. The highest BCUT2D eigenvalue weighted by Crippen LogP contribution is 2.22. The number of fused-ring (bicyclic) bond motifs is 1. The van der Waals surface area contributed by atoms with Crippen LogP contribution >= 0.6 is 11.3 Å². The molecule has 0 aliphatic rings. The number of benzene rings is 1. The first kappa shape index (κ1) is 12.5. The Bertz CT molecular complexity index is 492. The van der Waals surface area contributed by atoms with Gasteiger partial charge in [-0.25, -0.2) is 4.98 Å². The molecule has 0 saturated carbocycles. The first-order valence-corrected chi connectivity index (χ1v) is 6.70. The van der Waals surface area contributed by atoms with Crippen molar-refractivity contribution in [1.82, 2.24) is 15.2 Å². The monoisotopic (exact) mass is 249 g/mol. The van der Waals surface area contributed by atoms with Crippen LogP contribution in [0.25, 0.3) is 10.2 Å². The summed E-state index contributed by atoms with van der Waals surface area (Å²) in [4.78, 5) is 6.80. The van der Waals surface area contributed by atoms with Crippen molar-refractivity contribution in [3.05, 3.63) is 28.8 Å². The average molecular weight is 249 g/mol. The third kappa shape index (κ3) is 3.25. The van der Waals surface area contributed by atoms with E-state index in [4.69, 9.17) is 0 Å². The number of likely N-dealkylation sites (N-methyl/N-ethyl adjacent to an activating group) is 2. The summed E-state index contributed by atoms with van der Waals surface area (Å²) in [6.07, 6.45) is 0. The van der Waals surface area contributed by atoms with Crippen LogP contribution in [0.3, 0.4) is 0 Å². The van der Waals surface area contributed by atoms with E-state index >= 15 is 0 Å². The lowest BCUT2D eigenvalue weighted by molar-refractivity contribution is 0.328. The fourth-order valence-corrected chi connectivity index (χ4v) is 2.77. The van der Waals surface area contributed by atoms with Crippen molar-refractivity contribution in [3.63, 3.8) is 0 Å². The Hall–Kier alpha value is -0.970. The lowest BCUT2D eigenvalue weighted by Crippen LogP contribution is -2.26. The summed E-state index contributed by atoms with van der Waals surface area (Å²) < 4.78 is 1.29. The van der Waals surface area contributed by atoms with Crippen LogP contribution in [-0.2, 0) is 6.54 Å². The van der Waals surface area contributed by atoms with Gasteiger partial charge in [-0.3, -0.25) is 0 Å². The maximum Gasteiger partial charge on any atom is 0.0907 e. The van der Waals surface area contributed by atoms with E-state index in [1.165, 1.54) is 10.3 Å². The standard InChI is InChI=1S/C13H19N3S/c1-10-15-12-5-4-11(8-13(12)17-10)9-16(3)7-6-14-2/h4-5,8,14H,6-7,9H2,1-3H3. The second-order valence-electron chi connectivity index (χ2n) is 4.38. The molecule has 0 saturated heterocycles. The van der Waals surface area contributed by atoms with Crippen molar-refractivity contribution >= 4 is 21.6 Å². The Labute approximate surface area is 106 Å². The molecule has 0 spiro atoms. The summed E-state index contributed by atoms with van der Waals surface area (Å²) in [5, 5.41) is 4.31. The zero-order valence-electron chi connectivity index (χ0n) is 10.7. The van der Waals surface area contributed by atoms with Crippen LogP contribution in [0.15, 0.2) is 18.2 Å². The van der Waals surface area contributed by atoms with Crippen LogP contribution in [0.1, 0.15) is 10.6 Å². The average Bonchev–Trinajstić information content (AvgIpc) is 2.65. The quantitative estimate of drug-likeness (QED) is 0.881. The molecule has 3 nitrogen and oxygen atoms in total. The topological polar surface area (TPSA) is 28.2 Å². The highest BCUT2D eigenvalue weighted by molar-refractivity contribution is 7.18. The van der Waals surface area contributed by atoms with Crippen LogP contribution in [-0.4, -0.2) is 37.1 Å². The van der Waals surface area contributed by atoms with Gasteiger partial charge in [0, 0.05) is 19.6 Å². The zero-order chi connectivity index (χ0) is 12.3. The fourth-order valence-electron chi connectivity index (χ4n) is 1.88. The van der Waals surface area contributed by atoms with E-state index in [1.807, 2.05) is 7.05 Å². The molecule has 1 aromatic carbocycles. The molecule has 17 heavy (non-hydrogen) atoms. The third-order valence-corrected chi connectivity index (χ3v) is 3.69. The first-order valence-electron chi connectivity index (χ1n) is 5.88. The second kappa shape index (κ2) is 5.58. The zero-order valence-corrected chi connectivity index (χ0v) is 11.5. The third-order valence-electron chi connectivity index (χ3n) is 2.76. The van der Waals surface area contributed by atoms with E-state index in [-0.39, 0.29) is 0 Å². The number of hydrogen-bond donors (Lipinski definition) is 1. The Kier molecular flexibility index (Phi) is 4.10. The molecule has 0 aliphatic heterocycles. The molecule has 0 bridgehead atoms. The number of nitrogens with one attached hydrogen (secondary N) is 1. The van der Waals surface area contributed by atoms with E-state index in [9.17, 15) is 0 Å². The van der Waals surface area contributed by atoms with Crippen LogP contribution in [0.4, 0.5) is 0 Å². The maximum atomic E-state index is 4.48. The minimum Gasteiger partial charge on any atom is -0.318 e. The maximum absolute atomic E-state index is 4.48. The largest absolute Gasteiger partial charge is 0.318 e. The molecule has 4 heteroatoms. The van der Waals surface area contributed by atoms with Crippen LogP contribution < -0.4 is 5.32 Å². The van der Waals surface area contributed by atoms with Crippen molar-refractivity contribution in [2.45, 2.75) is 13.5 Å². The highest BCUT2D eigenvalue weighted by Gasteiger charge is 2.04. The number of nitrogens with zero attached hydrogens (tertiary/aromatic N) is 2. The van der Waals surface area contributed by atoms with Gasteiger partial charge in [-0.15, -0.1) is 11.3 Å². The smallest absolute Gasteiger partial charge is 0.0907 e. The molecule has 0 radical (unpaired) electrons. The lowest BCUT2D eigenvalue weighted by atomic mass is 10.2. The van der Waals surface area contributed by atoms with Gasteiger partial charge in [0.15, 0.2) is 0 Å². The van der Waals surface area contributed by atoms with Gasteiger partial charge in [0.1, 0.15) is 0 Å². The molecule has 1 N–H and O–H groups in total. The molecule has 2 aromatic rings. The van der Waals surface area contributed by atoms with E-state index in [0.717, 1.165) is 30.2 Å². The minimum atomic E-state index is 0.995. The minimum absolute atomic E-state index is 0.995. The summed E-state index contributed by atoms with van der Waals surface area (Å²) in [7, 11) is 4.14. The summed E-state index contributed by atoms with van der Waals surface area (Å²) in [6.45, 7) is 5.15. The van der Waals surface area contributed by atoms with Gasteiger partial charge in [-0.2, -0.15) is 0 Å². The normalized spacial score (nSPS) is 11.5. The highest BCUT2D eigenvalue weighted by atomic mass is 32.1. The van der Waals surface area contributed by atoms with Gasteiger partial charge in [-0.1, -0.05) is 6.07 Å². The molecule has 0 fully saturated rings. The Morgan fingerprint density at radius 3 is 3.00 bits per heavy atom. The number of aryl methyl sites for hydroxylation is 1. The SMILES string of the molecule is CNCCN(C)Cc1ccc2nc(C)sc2c1. The van der Waals surface area contributed by atoms with Crippen LogP contribution in [0, 0.1) is 6.92 Å². The second-order valence-corrected chi connectivity index (χ2v) is 5.61. The van der Waals surface area contributed by atoms with Crippen molar-refractivity contribution in [2.24, 2.45) is 0 Å². The van der Waals surface area contributed by atoms with Crippen LogP contribution in [0.2, 0.25) is 0 Å². The predicted molar refractivity (Wildman–Crippen MR) is 74.6 cm³/mol. The molecule has 1 aromatic heterocycles. The van der Waals surface area contributed by atoms with Gasteiger partial charge < -0.3 is 10.2 Å². The number of aromatic nitrogens is 1. The summed E-state index contributed by atoms with van der Waals surface area (Å²) >= 11 is 1.77. The van der Waals surface area contributed by atoms with Crippen molar-refractivity contribution in [3.8, 4) is 0 Å². The Balaban J connectivity index is 2.08. The first-order chi connectivity index (χ1) is 8.19.